The van der Waals surface area contributed by atoms with Gasteiger partial charge in [0.1, 0.15) is 0 Å². The molecule has 0 aliphatic heterocycles. The van der Waals surface area contributed by atoms with Gasteiger partial charge in [0.2, 0.25) is 5.91 Å². The second kappa shape index (κ2) is 3.96. The molecule has 0 aliphatic carbocycles. The Kier molecular flexibility index (Phi) is 2.30. The van der Waals surface area contributed by atoms with Crippen molar-refractivity contribution in [3.63, 3.8) is 0 Å². The molecule has 0 fully saturated rings. The monoisotopic (exact) mass is 238 g/mol. The minimum atomic E-state index is -0.439. The molecular weight excluding hydrogens is 228 g/mol. The number of hydrogen-bond donors (Lipinski definition) is 1. The molecule has 0 spiro atoms. The van der Waals surface area contributed by atoms with E-state index in [-0.39, 0.29) is 0 Å². The molecule has 0 aliphatic rings. The molecule has 1 aromatic carbocycles. The third kappa shape index (κ3) is 1.71. The molecule has 0 saturated heterocycles. The van der Waals surface area contributed by atoms with Crippen LogP contribution in [-0.2, 0) is 0 Å². The maximum atomic E-state index is 11.1. The van der Waals surface area contributed by atoms with Gasteiger partial charge in [-0.15, -0.1) is 0 Å². The number of amides is 1. The number of rotatable bonds is 2. The van der Waals surface area contributed by atoms with Crippen LogP contribution in [0, 0.1) is 0 Å². The molecule has 5 heteroatoms. The quantitative estimate of drug-likeness (QED) is 0.735. The molecule has 0 bridgehead atoms. The van der Waals surface area contributed by atoms with Crippen molar-refractivity contribution >= 4 is 16.8 Å². The average Bonchev–Trinajstić information content (AvgIpc) is 2.82. The minimum Gasteiger partial charge on any atom is -0.366 e. The number of fused-ring (bicyclic) bond motifs is 1. The van der Waals surface area contributed by atoms with E-state index < -0.39 is 5.91 Å². The van der Waals surface area contributed by atoms with Crippen molar-refractivity contribution in [2.24, 2.45) is 5.73 Å². The van der Waals surface area contributed by atoms with Gasteiger partial charge in [0.05, 0.1) is 17.4 Å². The van der Waals surface area contributed by atoms with E-state index in [1.165, 1.54) is 0 Å². The van der Waals surface area contributed by atoms with E-state index in [9.17, 15) is 4.79 Å². The molecule has 1 amide bonds. The molecule has 5 nitrogen and oxygen atoms in total. The molecule has 3 aromatic rings. The van der Waals surface area contributed by atoms with Gasteiger partial charge < -0.3 is 5.73 Å². The second-order valence-electron chi connectivity index (χ2n) is 3.92. The number of nitrogens with two attached hydrogens (primary N) is 1. The standard InChI is InChI=1S/C13H10N4O/c14-13(18)9-3-4-12-10(6-9)8-17(16-12)11-2-1-5-15-7-11/h1-8H,(H2,14,18). The van der Waals surface area contributed by atoms with Gasteiger partial charge in [-0.2, -0.15) is 5.10 Å². The zero-order valence-corrected chi connectivity index (χ0v) is 9.45. The fourth-order valence-corrected chi connectivity index (χ4v) is 1.80. The molecule has 0 atom stereocenters. The first-order valence-electron chi connectivity index (χ1n) is 5.44. The highest BCUT2D eigenvalue weighted by Crippen LogP contribution is 2.16. The summed E-state index contributed by atoms with van der Waals surface area (Å²) in [6.45, 7) is 0. The Hall–Kier alpha value is -2.69. The Morgan fingerprint density at radius 1 is 1.28 bits per heavy atom. The lowest BCUT2D eigenvalue weighted by Crippen LogP contribution is -2.10. The number of hydrogen-bond acceptors (Lipinski definition) is 3. The van der Waals surface area contributed by atoms with Crippen LogP contribution in [0.4, 0.5) is 0 Å². The Morgan fingerprint density at radius 2 is 2.17 bits per heavy atom. The number of benzene rings is 1. The Balaban J connectivity index is 2.14. The molecule has 2 aromatic heterocycles. The maximum absolute atomic E-state index is 11.1. The van der Waals surface area contributed by atoms with Crippen LogP contribution in [0.15, 0.2) is 48.9 Å². The summed E-state index contributed by atoms with van der Waals surface area (Å²) in [4.78, 5) is 15.1. The fourth-order valence-electron chi connectivity index (χ4n) is 1.80. The first-order chi connectivity index (χ1) is 8.74. The smallest absolute Gasteiger partial charge is 0.248 e. The summed E-state index contributed by atoms with van der Waals surface area (Å²) in [6, 6.07) is 8.94. The van der Waals surface area contributed by atoms with Crippen molar-refractivity contribution in [1.29, 1.82) is 0 Å². The summed E-state index contributed by atoms with van der Waals surface area (Å²) < 4.78 is 1.72. The second-order valence-corrected chi connectivity index (χ2v) is 3.92. The molecule has 0 unspecified atom stereocenters. The van der Waals surface area contributed by atoms with Gasteiger partial charge in [0.25, 0.3) is 0 Å². The molecule has 2 N–H and O–H groups in total. The summed E-state index contributed by atoms with van der Waals surface area (Å²) >= 11 is 0. The third-order valence-electron chi connectivity index (χ3n) is 2.70. The van der Waals surface area contributed by atoms with Crippen LogP contribution in [0.25, 0.3) is 16.6 Å². The lowest BCUT2D eigenvalue weighted by Gasteiger charge is -1.97. The molecule has 18 heavy (non-hydrogen) atoms. The lowest BCUT2D eigenvalue weighted by atomic mass is 10.1. The van der Waals surface area contributed by atoms with E-state index in [0.717, 1.165) is 16.6 Å². The predicted octanol–water partition coefficient (Wildman–Crippen LogP) is 1.52. The molecule has 2 heterocycles. The number of pyridine rings is 1. The summed E-state index contributed by atoms with van der Waals surface area (Å²) in [7, 11) is 0. The Morgan fingerprint density at radius 3 is 2.89 bits per heavy atom. The average molecular weight is 238 g/mol. The normalized spacial score (nSPS) is 10.7. The van der Waals surface area contributed by atoms with E-state index in [4.69, 9.17) is 5.73 Å². The number of carbonyl (C=O) groups excluding carboxylic acids is 1. The van der Waals surface area contributed by atoms with Crippen LogP contribution in [0.1, 0.15) is 10.4 Å². The first kappa shape index (κ1) is 10.5. The van der Waals surface area contributed by atoms with Gasteiger partial charge >= 0.3 is 0 Å². The van der Waals surface area contributed by atoms with Gasteiger partial charge in [0.15, 0.2) is 0 Å². The third-order valence-corrected chi connectivity index (χ3v) is 2.70. The summed E-state index contributed by atoms with van der Waals surface area (Å²) in [6.07, 6.45) is 5.28. The summed E-state index contributed by atoms with van der Waals surface area (Å²) in [5.41, 5.74) is 7.41. The van der Waals surface area contributed by atoms with Crippen LogP contribution >= 0.6 is 0 Å². The molecule has 88 valence electrons. The van der Waals surface area contributed by atoms with Crippen molar-refractivity contribution in [2.45, 2.75) is 0 Å². The van der Waals surface area contributed by atoms with Crippen LogP contribution in [-0.4, -0.2) is 20.7 Å². The highest BCUT2D eigenvalue weighted by atomic mass is 16.1. The fraction of sp³-hybridized carbons (Fsp3) is 0. The maximum Gasteiger partial charge on any atom is 0.248 e. The molecule has 0 saturated carbocycles. The topological polar surface area (TPSA) is 73.8 Å². The minimum absolute atomic E-state index is 0.439. The lowest BCUT2D eigenvalue weighted by molar-refractivity contribution is 0.100. The molecule has 0 radical (unpaired) electrons. The van der Waals surface area contributed by atoms with Crippen LogP contribution in [0.5, 0.6) is 0 Å². The number of primary amides is 1. The van der Waals surface area contributed by atoms with Crippen LogP contribution in [0.2, 0.25) is 0 Å². The van der Waals surface area contributed by atoms with Crippen LogP contribution in [0.3, 0.4) is 0 Å². The highest BCUT2D eigenvalue weighted by molar-refractivity contribution is 5.96. The van der Waals surface area contributed by atoms with E-state index in [1.807, 2.05) is 18.3 Å². The van der Waals surface area contributed by atoms with Gasteiger partial charge in [-0.3, -0.25) is 9.78 Å². The van der Waals surface area contributed by atoms with Crippen molar-refractivity contribution in [2.75, 3.05) is 0 Å². The van der Waals surface area contributed by atoms with Crippen molar-refractivity contribution in [1.82, 2.24) is 14.8 Å². The largest absolute Gasteiger partial charge is 0.366 e. The van der Waals surface area contributed by atoms with Crippen molar-refractivity contribution in [3.05, 3.63) is 54.5 Å². The van der Waals surface area contributed by atoms with Crippen LogP contribution < -0.4 is 5.73 Å². The summed E-state index contributed by atoms with van der Waals surface area (Å²) in [5, 5.41) is 5.28. The van der Waals surface area contributed by atoms with Crippen molar-refractivity contribution < 1.29 is 4.79 Å². The van der Waals surface area contributed by atoms with Gasteiger partial charge in [-0.1, -0.05) is 0 Å². The zero-order valence-electron chi connectivity index (χ0n) is 9.45. The van der Waals surface area contributed by atoms with Gasteiger partial charge in [0, 0.05) is 23.3 Å². The van der Waals surface area contributed by atoms with E-state index in [1.54, 1.807) is 35.3 Å². The summed E-state index contributed by atoms with van der Waals surface area (Å²) in [5.74, 6) is -0.439. The van der Waals surface area contributed by atoms with Gasteiger partial charge in [-0.25, -0.2) is 4.68 Å². The number of aromatic nitrogens is 3. The number of carbonyl (C=O) groups is 1. The Labute approximate surface area is 103 Å². The van der Waals surface area contributed by atoms with E-state index in [2.05, 4.69) is 10.1 Å². The Bertz CT molecular complexity index is 718. The first-order valence-corrected chi connectivity index (χ1v) is 5.44. The SMILES string of the molecule is NC(=O)c1ccc2nn(-c3cccnc3)cc2c1. The van der Waals surface area contributed by atoms with Crippen molar-refractivity contribution in [3.8, 4) is 5.69 Å². The zero-order chi connectivity index (χ0) is 12.5. The van der Waals surface area contributed by atoms with E-state index >= 15 is 0 Å². The molecule has 3 rings (SSSR count). The molecular formula is C13H10N4O. The van der Waals surface area contributed by atoms with Gasteiger partial charge in [-0.05, 0) is 30.3 Å². The highest BCUT2D eigenvalue weighted by Gasteiger charge is 2.06. The number of nitrogens with zero attached hydrogens (tertiary/aromatic N) is 3. The predicted molar refractivity (Wildman–Crippen MR) is 67.4 cm³/mol. The van der Waals surface area contributed by atoms with E-state index in [0.29, 0.717) is 5.56 Å².